The summed E-state index contributed by atoms with van der Waals surface area (Å²) in [6.45, 7) is 5.24. The molecule has 0 aromatic rings. The molecule has 0 radical (unpaired) electrons. The van der Waals surface area contributed by atoms with Gasteiger partial charge >= 0.3 is 17.9 Å². The van der Waals surface area contributed by atoms with Crippen molar-refractivity contribution >= 4 is 17.9 Å². The highest BCUT2D eigenvalue weighted by Crippen LogP contribution is 2.10. The first-order valence-corrected chi connectivity index (χ1v) is 14.6. The van der Waals surface area contributed by atoms with Crippen LogP contribution in [-0.4, -0.2) is 82.3 Å². The first-order valence-electron chi connectivity index (χ1n) is 14.6. The summed E-state index contributed by atoms with van der Waals surface area (Å²) in [6, 6.07) is 0. The lowest BCUT2D eigenvalue weighted by Crippen LogP contribution is -2.38. The predicted octanol–water partition coefficient (Wildman–Crippen LogP) is 6.05. The van der Waals surface area contributed by atoms with Crippen molar-refractivity contribution in [1.82, 2.24) is 9.80 Å². The Hall–Kier alpha value is -1.93. The summed E-state index contributed by atoms with van der Waals surface area (Å²) in [4.78, 5) is 36.8. The molecule has 8 nitrogen and oxygen atoms in total. The third-order valence-electron chi connectivity index (χ3n) is 6.64. The Balaban J connectivity index is 4.05. The predicted molar refractivity (Wildman–Crippen MR) is 149 cm³/mol. The summed E-state index contributed by atoms with van der Waals surface area (Å²) >= 11 is 0. The number of carboxylic acid groups (broad SMARTS) is 3. The summed E-state index contributed by atoms with van der Waals surface area (Å²) < 4.78 is 0. The van der Waals surface area contributed by atoms with Crippen LogP contribution in [0.5, 0.6) is 0 Å². The van der Waals surface area contributed by atoms with Crippen LogP contribution in [0.1, 0.15) is 116 Å². The molecule has 0 unspecified atom stereocenters. The normalized spacial score (nSPS) is 11.6. The number of unbranched alkanes of at least 4 members (excludes halogenated alkanes) is 12. The van der Waals surface area contributed by atoms with Crippen LogP contribution in [0.25, 0.3) is 0 Å². The fraction of sp³-hybridized carbons (Fsp3) is 0.828. The first kappa shape index (κ1) is 35.1. The van der Waals surface area contributed by atoms with E-state index in [1.807, 2.05) is 4.90 Å². The molecule has 3 N–H and O–H groups in total. The van der Waals surface area contributed by atoms with E-state index in [1.54, 1.807) is 0 Å². The number of carbonyl (C=O) groups is 3. The molecule has 216 valence electrons. The molecule has 0 aromatic carbocycles. The smallest absolute Gasteiger partial charge is 0.304 e. The van der Waals surface area contributed by atoms with Crippen LogP contribution in [0.2, 0.25) is 0 Å². The Labute approximate surface area is 225 Å². The van der Waals surface area contributed by atoms with Crippen molar-refractivity contribution < 1.29 is 29.7 Å². The van der Waals surface area contributed by atoms with Crippen LogP contribution in [0.3, 0.4) is 0 Å². The molecule has 0 aliphatic carbocycles. The number of carboxylic acids is 3. The number of rotatable bonds is 28. The van der Waals surface area contributed by atoms with Crippen molar-refractivity contribution in [2.24, 2.45) is 0 Å². The van der Waals surface area contributed by atoms with Gasteiger partial charge in [0, 0.05) is 32.7 Å². The van der Waals surface area contributed by atoms with E-state index in [9.17, 15) is 14.4 Å². The minimum absolute atomic E-state index is 0.0380. The largest absolute Gasteiger partial charge is 0.481 e. The number of allylic oxidation sites excluding steroid dienone is 2. The quantitative estimate of drug-likeness (QED) is 0.0832. The van der Waals surface area contributed by atoms with Crippen molar-refractivity contribution in [2.45, 2.75) is 116 Å². The molecule has 0 aliphatic rings. The maximum absolute atomic E-state index is 11.0. The lowest BCUT2D eigenvalue weighted by atomic mass is 10.1. The summed E-state index contributed by atoms with van der Waals surface area (Å²) in [5.41, 5.74) is 0. The Morgan fingerprint density at radius 3 is 1.24 bits per heavy atom. The minimum Gasteiger partial charge on any atom is -0.481 e. The highest BCUT2D eigenvalue weighted by atomic mass is 16.4. The van der Waals surface area contributed by atoms with Gasteiger partial charge in [-0.05, 0) is 38.6 Å². The van der Waals surface area contributed by atoms with Crippen LogP contribution in [-0.2, 0) is 14.4 Å². The second-order valence-corrected chi connectivity index (χ2v) is 10.1. The molecule has 0 atom stereocenters. The Morgan fingerprint density at radius 2 is 0.838 bits per heavy atom. The zero-order chi connectivity index (χ0) is 27.6. The van der Waals surface area contributed by atoms with Gasteiger partial charge < -0.3 is 25.1 Å². The van der Waals surface area contributed by atoms with Gasteiger partial charge in [-0.25, -0.2) is 0 Å². The van der Waals surface area contributed by atoms with Crippen molar-refractivity contribution in [2.75, 3.05) is 39.3 Å². The molecule has 0 fully saturated rings. The van der Waals surface area contributed by atoms with Crippen molar-refractivity contribution in [3.63, 3.8) is 0 Å². The highest BCUT2D eigenvalue weighted by Gasteiger charge is 2.13. The number of hydrogen-bond acceptors (Lipinski definition) is 5. The van der Waals surface area contributed by atoms with Crippen LogP contribution in [0.4, 0.5) is 0 Å². The second kappa shape index (κ2) is 25.7. The summed E-state index contributed by atoms with van der Waals surface area (Å²) in [7, 11) is 0. The van der Waals surface area contributed by atoms with E-state index in [0.29, 0.717) is 32.7 Å². The fourth-order valence-corrected chi connectivity index (χ4v) is 4.30. The van der Waals surface area contributed by atoms with Crippen molar-refractivity contribution in [3.05, 3.63) is 12.2 Å². The van der Waals surface area contributed by atoms with E-state index in [4.69, 9.17) is 15.3 Å². The van der Waals surface area contributed by atoms with Gasteiger partial charge in [-0.3, -0.25) is 14.4 Å². The zero-order valence-corrected chi connectivity index (χ0v) is 23.4. The van der Waals surface area contributed by atoms with Gasteiger partial charge in [0.15, 0.2) is 0 Å². The maximum Gasteiger partial charge on any atom is 0.304 e. The van der Waals surface area contributed by atoms with Crippen LogP contribution in [0, 0.1) is 0 Å². The van der Waals surface area contributed by atoms with E-state index in [0.717, 1.165) is 19.4 Å². The van der Waals surface area contributed by atoms with Crippen LogP contribution < -0.4 is 0 Å². The fourth-order valence-electron chi connectivity index (χ4n) is 4.30. The molecule has 0 aromatic heterocycles. The van der Waals surface area contributed by atoms with Crippen LogP contribution >= 0.6 is 0 Å². The SMILES string of the molecule is CCCCCCCC/C=C\CCCCCCCCN(CCC(=O)O)CCN(CCC(=O)O)CCC(=O)O. The number of hydrogen-bond donors (Lipinski definition) is 3. The van der Waals surface area contributed by atoms with E-state index < -0.39 is 17.9 Å². The average molecular weight is 527 g/mol. The van der Waals surface area contributed by atoms with Crippen LogP contribution in [0.15, 0.2) is 12.2 Å². The Kier molecular flexibility index (Phi) is 24.4. The van der Waals surface area contributed by atoms with E-state index >= 15 is 0 Å². The molecule has 0 spiro atoms. The molecule has 0 saturated carbocycles. The lowest BCUT2D eigenvalue weighted by molar-refractivity contribution is -0.139. The van der Waals surface area contributed by atoms with Gasteiger partial charge in [-0.2, -0.15) is 0 Å². The molecule has 0 aliphatic heterocycles. The third-order valence-corrected chi connectivity index (χ3v) is 6.64. The van der Waals surface area contributed by atoms with Gasteiger partial charge in [-0.1, -0.05) is 76.9 Å². The molecule has 0 heterocycles. The standard InChI is InChI=1S/C29H54N2O6/c1-2-3-4-5-6-7-8-9-10-11-12-13-14-15-16-17-21-30(22-18-27(32)33)25-26-31(23-19-28(34)35)24-20-29(36)37/h9-10H,2-8,11-26H2,1H3,(H,32,33)(H,34,35)(H,36,37)/b10-9-. The zero-order valence-electron chi connectivity index (χ0n) is 23.4. The van der Waals surface area contributed by atoms with E-state index in [-0.39, 0.29) is 19.3 Å². The van der Waals surface area contributed by atoms with Crippen molar-refractivity contribution in [1.29, 1.82) is 0 Å². The molecule has 0 saturated heterocycles. The lowest BCUT2D eigenvalue weighted by Gasteiger charge is -2.27. The molecular formula is C29H54N2O6. The van der Waals surface area contributed by atoms with E-state index in [1.165, 1.54) is 77.0 Å². The van der Waals surface area contributed by atoms with Gasteiger partial charge in [0.25, 0.3) is 0 Å². The Morgan fingerprint density at radius 1 is 0.486 bits per heavy atom. The average Bonchev–Trinajstić information content (AvgIpc) is 2.85. The summed E-state index contributed by atoms with van der Waals surface area (Å²) in [6.07, 6.45) is 22.1. The van der Waals surface area contributed by atoms with Gasteiger partial charge in [0.05, 0.1) is 19.3 Å². The molecule has 37 heavy (non-hydrogen) atoms. The number of aliphatic carboxylic acids is 3. The second-order valence-electron chi connectivity index (χ2n) is 10.1. The minimum atomic E-state index is -0.910. The van der Waals surface area contributed by atoms with Crippen molar-refractivity contribution in [3.8, 4) is 0 Å². The number of nitrogens with zero attached hydrogens (tertiary/aromatic N) is 2. The van der Waals surface area contributed by atoms with Gasteiger partial charge in [-0.15, -0.1) is 0 Å². The molecular weight excluding hydrogens is 472 g/mol. The molecule has 0 rings (SSSR count). The third kappa shape index (κ3) is 26.9. The van der Waals surface area contributed by atoms with Gasteiger partial charge in [0.2, 0.25) is 0 Å². The monoisotopic (exact) mass is 526 g/mol. The molecule has 8 heteroatoms. The Bertz CT molecular complexity index is 593. The molecule has 0 bridgehead atoms. The highest BCUT2D eigenvalue weighted by molar-refractivity contribution is 5.67. The molecule has 0 amide bonds. The summed E-state index contributed by atoms with van der Waals surface area (Å²) in [5.74, 6) is -2.65. The maximum atomic E-state index is 11.0. The van der Waals surface area contributed by atoms with Gasteiger partial charge in [0.1, 0.15) is 0 Å². The topological polar surface area (TPSA) is 118 Å². The first-order chi connectivity index (χ1) is 17.8. The summed E-state index contributed by atoms with van der Waals surface area (Å²) in [5, 5.41) is 27.0. The van der Waals surface area contributed by atoms with E-state index in [2.05, 4.69) is 24.0 Å².